The number of hydrogen-bond donors (Lipinski definition) is 2. The number of nitrogens with zero attached hydrogens (tertiary/aromatic N) is 1. The Morgan fingerprint density at radius 3 is 3.20 bits per heavy atom. The second kappa shape index (κ2) is 7.44. The molecule has 1 aromatic heterocycles. The van der Waals surface area contributed by atoms with Crippen LogP contribution in [0.2, 0.25) is 0 Å². The van der Waals surface area contributed by atoms with Crippen molar-refractivity contribution < 1.29 is 9.90 Å². The first-order chi connectivity index (χ1) is 9.72. The maximum absolute atomic E-state index is 12.0. The minimum atomic E-state index is -0.158. The number of thiophene rings is 1. The van der Waals surface area contributed by atoms with Crippen LogP contribution in [0.5, 0.6) is 0 Å². The van der Waals surface area contributed by atoms with Crippen LogP contribution in [-0.2, 0) is 0 Å². The quantitative estimate of drug-likeness (QED) is 0.819. The normalized spacial score (nSPS) is 18.6. The Morgan fingerprint density at radius 1 is 1.65 bits per heavy atom. The first kappa shape index (κ1) is 15.0. The minimum absolute atomic E-state index is 0.0340. The molecule has 5 heteroatoms. The summed E-state index contributed by atoms with van der Waals surface area (Å²) in [6.07, 6.45) is 1.16. The predicted molar refractivity (Wildman–Crippen MR) is 80.8 cm³/mol. The molecule has 1 saturated heterocycles. The molecule has 1 aromatic rings. The molecule has 1 aliphatic heterocycles. The number of aliphatic hydroxyl groups excluding tert-OH is 1. The van der Waals surface area contributed by atoms with Gasteiger partial charge in [0.2, 0.25) is 0 Å². The van der Waals surface area contributed by atoms with Gasteiger partial charge >= 0.3 is 0 Å². The lowest BCUT2D eigenvalue weighted by atomic mass is 10.1. The molecule has 2 heterocycles. The Hall–Kier alpha value is -1.35. The maximum Gasteiger partial charge on any atom is 0.252 e. The zero-order chi connectivity index (χ0) is 14.4. The second-order valence-corrected chi connectivity index (χ2v) is 5.83. The summed E-state index contributed by atoms with van der Waals surface area (Å²) < 4.78 is 0. The maximum atomic E-state index is 12.0. The van der Waals surface area contributed by atoms with Crippen LogP contribution in [0.4, 0.5) is 0 Å². The Morgan fingerprint density at radius 2 is 2.50 bits per heavy atom. The van der Waals surface area contributed by atoms with Gasteiger partial charge in [0.15, 0.2) is 0 Å². The fourth-order valence-electron chi connectivity index (χ4n) is 2.35. The van der Waals surface area contributed by atoms with Crippen LogP contribution >= 0.6 is 11.3 Å². The molecule has 108 valence electrons. The van der Waals surface area contributed by atoms with E-state index in [9.17, 15) is 4.79 Å². The van der Waals surface area contributed by atoms with Gasteiger partial charge in [-0.1, -0.05) is 18.8 Å². The van der Waals surface area contributed by atoms with Crippen LogP contribution in [0, 0.1) is 17.8 Å². The fourth-order valence-corrected chi connectivity index (χ4v) is 3.11. The number of nitrogens with one attached hydrogen (secondary N) is 1. The molecule has 0 spiro atoms. The van der Waals surface area contributed by atoms with Crippen molar-refractivity contribution in [2.45, 2.75) is 13.3 Å². The Labute approximate surface area is 123 Å². The van der Waals surface area contributed by atoms with Crippen molar-refractivity contribution in [3.05, 3.63) is 21.9 Å². The summed E-state index contributed by atoms with van der Waals surface area (Å²) in [7, 11) is 0. The monoisotopic (exact) mass is 292 g/mol. The third kappa shape index (κ3) is 4.07. The molecule has 0 bridgehead atoms. The summed E-state index contributed by atoms with van der Waals surface area (Å²) in [5, 5.41) is 13.4. The molecule has 0 saturated carbocycles. The van der Waals surface area contributed by atoms with Crippen LogP contribution in [-0.4, -0.2) is 48.7 Å². The van der Waals surface area contributed by atoms with Gasteiger partial charge in [0.25, 0.3) is 5.91 Å². The van der Waals surface area contributed by atoms with Crippen molar-refractivity contribution in [3.63, 3.8) is 0 Å². The van der Waals surface area contributed by atoms with Crippen molar-refractivity contribution in [2.75, 3.05) is 32.8 Å². The highest BCUT2D eigenvalue weighted by molar-refractivity contribution is 7.10. The number of rotatable bonds is 4. The summed E-state index contributed by atoms with van der Waals surface area (Å²) in [6, 6.07) is 1.77. The van der Waals surface area contributed by atoms with Gasteiger partial charge in [-0.15, -0.1) is 11.3 Å². The molecule has 4 nitrogen and oxygen atoms in total. The minimum Gasteiger partial charge on any atom is -0.384 e. The Bertz CT molecular complexity index is 515. The fraction of sp³-hybridized carbons (Fsp3) is 0.533. The van der Waals surface area contributed by atoms with Gasteiger partial charge in [0.05, 0.1) is 10.4 Å². The predicted octanol–water partition coefficient (Wildman–Crippen LogP) is 1.16. The van der Waals surface area contributed by atoms with E-state index in [2.05, 4.69) is 29.0 Å². The van der Waals surface area contributed by atoms with E-state index in [4.69, 9.17) is 5.11 Å². The summed E-state index contributed by atoms with van der Waals surface area (Å²) in [5.41, 5.74) is 0.655. The van der Waals surface area contributed by atoms with E-state index in [1.165, 1.54) is 11.3 Å². The molecule has 1 atom stereocenters. The van der Waals surface area contributed by atoms with Gasteiger partial charge in [0, 0.05) is 18.5 Å². The number of carbonyl (C=O) groups is 1. The smallest absolute Gasteiger partial charge is 0.252 e. The van der Waals surface area contributed by atoms with E-state index in [-0.39, 0.29) is 12.5 Å². The molecule has 0 radical (unpaired) electrons. The van der Waals surface area contributed by atoms with Crippen LogP contribution in [0.25, 0.3) is 0 Å². The number of amides is 1. The van der Waals surface area contributed by atoms with E-state index in [0.29, 0.717) is 11.5 Å². The Kier molecular flexibility index (Phi) is 5.60. The zero-order valence-electron chi connectivity index (χ0n) is 11.7. The highest BCUT2D eigenvalue weighted by atomic mass is 32.1. The average molecular weight is 292 g/mol. The van der Waals surface area contributed by atoms with Gasteiger partial charge in [-0.25, -0.2) is 0 Å². The molecule has 1 fully saturated rings. The number of hydrogen-bond acceptors (Lipinski definition) is 4. The molecule has 2 rings (SSSR count). The standard InChI is InChI=1S/C15H20N2O2S/c1-2-17-6-5-12(10-17)9-16-15(19)13-8-14(20-11-13)4-3-7-18/h8,11-12,18H,2,5-7,9-10H2,1H3,(H,16,19). The highest BCUT2D eigenvalue weighted by Gasteiger charge is 2.21. The molecule has 2 N–H and O–H groups in total. The molecule has 1 unspecified atom stereocenters. The van der Waals surface area contributed by atoms with Crippen LogP contribution in [0.1, 0.15) is 28.6 Å². The number of carbonyl (C=O) groups excluding carboxylic acids is 1. The first-order valence-corrected chi connectivity index (χ1v) is 7.79. The van der Waals surface area contributed by atoms with Gasteiger partial charge in [-0.3, -0.25) is 4.79 Å². The molecule has 0 aliphatic carbocycles. The van der Waals surface area contributed by atoms with Gasteiger partial charge in [0.1, 0.15) is 6.61 Å². The molecule has 20 heavy (non-hydrogen) atoms. The SMILES string of the molecule is CCN1CCC(CNC(=O)c2csc(C#CCO)c2)C1. The third-order valence-electron chi connectivity index (χ3n) is 3.52. The summed E-state index contributed by atoms with van der Waals surface area (Å²) >= 11 is 1.43. The summed E-state index contributed by atoms with van der Waals surface area (Å²) in [6.45, 7) is 6.05. The van der Waals surface area contributed by atoms with Gasteiger partial charge in [-0.05, 0) is 31.5 Å². The van der Waals surface area contributed by atoms with Crippen molar-refractivity contribution in [3.8, 4) is 11.8 Å². The lowest BCUT2D eigenvalue weighted by molar-refractivity contribution is 0.0948. The lowest BCUT2D eigenvalue weighted by Gasteiger charge is -2.13. The van der Waals surface area contributed by atoms with Crippen molar-refractivity contribution in [1.29, 1.82) is 0 Å². The van der Waals surface area contributed by atoms with E-state index in [1.54, 1.807) is 6.07 Å². The largest absolute Gasteiger partial charge is 0.384 e. The second-order valence-electron chi connectivity index (χ2n) is 4.92. The molecule has 1 amide bonds. The van der Waals surface area contributed by atoms with Crippen molar-refractivity contribution in [1.82, 2.24) is 10.2 Å². The number of likely N-dealkylation sites (tertiary alicyclic amines) is 1. The average Bonchev–Trinajstić information content (AvgIpc) is 3.11. The van der Waals surface area contributed by atoms with E-state index < -0.39 is 0 Å². The third-order valence-corrected chi connectivity index (χ3v) is 4.37. The first-order valence-electron chi connectivity index (χ1n) is 6.91. The van der Waals surface area contributed by atoms with E-state index in [0.717, 1.165) is 37.5 Å². The Balaban J connectivity index is 1.81. The molecular weight excluding hydrogens is 272 g/mol. The zero-order valence-corrected chi connectivity index (χ0v) is 12.5. The number of aliphatic hydroxyl groups is 1. The summed E-state index contributed by atoms with van der Waals surface area (Å²) in [4.78, 5) is 15.2. The van der Waals surface area contributed by atoms with Crippen molar-refractivity contribution in [2.24, 2.45) is 5.92 Å². The van der Waals surface area contributed by atoms with Gasteiger partial charge < -0.3 is 15.3 Å². The van der Waals surface area contributed by atoms with Crippen molar-refractivity contribution >= 4 is 17.2 Å². The topological polar surface area (TPSA) is 52.6 Å². The van der Waals surface area contributed by atoms with E-state index >= 15 is 0 Å². The van der Waals surface area contributed by atoms with E-state index in [1.807, 2.05) is 5.38 Å². The molecular formula is C15H20N2O2S. The molecule has 1 aliphatic rings. The van der Waals surface area contributed by atoms with Crippen LogP contribution < -0.4 is 5.32 Å². The van der Waals surface area contributed by atoms with Crippen LogP contribution in [0.3, 0.4) is 0 Å². The lowest BCUT2D eigenvalue weighted by Crippen LogP contribution is -2.30. The summed E-state index contributed by atoms with van der Waals surface area (Å²) in [5.74, 6) is 5.92. The van der Waals surface area contributed by atoms with Crippen LogP contribution in [0.15, 0.2) is 11.4 Å². The molecule has 0 aromatic carbocycles. The van der Waals surface area contributed by atoms with Gasteiger partial charge in [-0.2, -0.15) is 0 Å². The highest BCUT2D eigenvalue weighted by Crippen LogP contribution is 2.16.